The van der Waals surface area contributed by atoms with Crippen molar-refractivity contribution in [1.29, 1.82) is 0 Å². The van der Waals surface area contributed by atoms with Crippen LogP contribution in [0.15, 0.2) is 0 Å². The van der Waals surface area contributed by atoms with Crippen LogP contribution in [0.3, 0.4) is 0 Å². The van der Waals surface area contributed by atoms with E-state index in [1.807, 2.05) is 0 Å². The molecule has 2 heteroatoms. The topological polar surface area (TPSA) is 0 Å². The third kappa shape index (κ3) is 9.01. The molecule has 80 valence electrons. The Bertz CT molecular complexity index is 94.1. The molecule has 0 aromatic carbocycles. The first-order valence-corrected chi connectivity index (χ1v) is 7.74. The maximum Gasteiger partial charge on any atom is 0.0138 e. The lowest BCUT2D eigenvalue weighted by Gasteiger charge is -2.14. The van der Waals surface area contributed by atoms with Gasteiger partial charge in [0.1, 0.15) is 0 Å². The molecule has 0 amide bonds. The van der Waals surface area contributed by atoms with Crippen molar-refractivity contribution in [2.45, 2.75) is 51.7 Å². The first-order chi connectivity index (χ1) is 6.35. The van der Waals surface area contributed by atoms with Crippen LogP contribution < -0.4 is 0 Å². The molecule has 0 aliphatic carbocycles. The van der Waals surface area contributed by atoms with E-state index >= 15 is 0 Å². The van der Waals surface area contributed by atoms with Crippen LogP contribution in [-0.4, -0.2) is 22.5 Å². The molecule has 0 heterocycles. The van der Waals surface area contributed by atoms with E-state index in [2.05, 4.69) is 44.3 Å². The van der Waals surface area contributed by atoms with Crippen molar-refractivity contribution in [1.82, 2.24) is 0 Å². The van der Waals surface area contributed by atoms with Crippen LogP contribution in [0.5, 0.6) is 0 Å². The molecular formula is C11H24S2. The highest BCUT2D eigenvalue weighted by Gasteiger charge is 2.06. The Morgan fingerprint density at radius 2 is 1.62 bits per heavy atom. The molecule has 0 N–H and O–H groups in total. The van der Waals surface area contributed by atoms with Crippen LogP contribution in [0.2, 0.25) is 0 Å². The van der Waals surface area contributed by atoms with Crippen LogP contribution in [0.25, 0.3) is 0 Å². The molecule has 0 aromatic rings. The second-order valence-electron chi connectivity index (χ2n) is 3.36. The predicted molar refractivity (Wildman–Crippen MR) is 69.1 cm³/mol. The molecule has 13 heavy (non-hydrogen) atoms. The van der Waals surface area contributed by atoms with E-state index in [0.29, 0.717) is 0 Å². The van der Waals surface area contributed by atoms with Crippen molar-refractivity contribution < 1.29 is 0 Å². The smallest absolute Gasteiger partial charge is 0.0138 e. The largest absolute Gasteiger partial charge is 0.161 e. The maximum absolute atomic E-state index is 2.30. The van der Waals surface area contributed by atoms with Gasteiger partial charge in [-0.25, -0.2) is 0 Å². The van der Waals surface area contributed by atoms with Crippen LogP contribution in [-0.2, 0) is 0 Å². The van der Waals surface area contributed by atoms with Gasteiger partial charge in [0.05, 0.1) is 0 Å². The molecule has 0 nitrogen and oxygen atoms in total. The second kappa shape index (κ2) is 10.8. The zero-order chi connectivity index (χ0) is 9.94. The summed E-state index contributed by atoms with van der Waals surface area (Å²) in [5.74, 6) is 4.05. The number of thioether (sulfide) groups is 2. The second-order valence-corrected chi connectivity index (χ2v) is 5.91. The lowest BCUT2D eigenvalue weighted by atomic mass is 10.3. The van der Waals surface area contributed by atoms with Gasteiger partial charge in [0, 0.05) is 11.0 Å². The summed E-state index contributed by atoms with van der Waals surface area (Å²) in [6.45, 7) is 6.83. The molecule has 0 radical (unpaired) electrons. The maximum atomic E-state index is 2.30. The Morgan fingerprint density at radius 1 is 0.923 bits per heavy atom. The minimum atomic E-state index is 0.918. The van der Waals surface area contributed by atoms with Crippen molar-refractivity contribution in [2.24, 2.45) is 0 Å². The molecule has 0 saturated heterocycles. The highest BCUT2D eigenvalue weighted by molar-refractivity contribution is 8.03. The van der Waals surface area contributed by atoms with Crippen molar-refractivity contribution in [2.75, 3.05) is 17.3 Å². The summed E-state index contributed by atoms with van der Waals surface area (Å²) in [6.07, 6.45) is 5.39. The van der Waals surface area contributed by atoms with Gasteiger partial charge in [-0.05, 0) is 30.8 Å². The summed E-state index contributed by atoms with van der Waals surface area (Å²) < 4.78 is 0. The molecule has 0 aliphatic heterocycles. The quantitative estimate of drug-likeness (QED) is 0.527. The highest BCUT2D eigenvalue weighted by atomic mass is 32.2. The zero-order valence-corrected chi connectivity index (χ0v) is 11.0. The lowest BCUT2D eigenvalue weighted by molar-refractivity contribution is 0.792. The van der Waals surface area contributed by atoms with Crippen LogP contribution >= 0.6 is 23.5 Å². The number of rotatable bonds is 9. The van der Waals surface area contributed by atoms with Gasteiger partial charge in [-0.3, -0.25) is 0 Å². The summed E-state index contributed by atoms with van der Waals surface area (Å²) >= 11 is 4.31. The molecule has 1 unspecified atom stereocenters. The standard InChI is InChI=1S/C11H24S2/c1-4-7-11(13-9-6-3)10-12-8-5-2/h11H,4-10H2,1-3H3. The average molecular weight is 220 g/mol. The number of hydrogen-bond acceptors (Lipinski definition) is 2. The summed E-state index contributed by atoms with van der Waals surface area (Å²) in [4.78, 5) is 0. The molecule has 1 atom stereocenters. The van der Waals surface area contributed by atoms with Crippen molar-refractivity contribution in [3.63, 3.8) is 0 Å². The molecule has 0 saturated carbocycles. The van der Waals surface area contributed by atoms with Gasteiger partial charge in [0.25, 0.3) is 0 Å². The molecule has 0 aromatic heterocycles. The predicted octanol–water partition coefficient (Wildman–Crippen LogP) is 4.44. The summed E-state index contributed by atoms with van der Waals surface area (Å²) in [5.41, 5.74) is 0. The lowest BCUT2D eigenvalue weighted by Crippen LogP contribution is -2.07. The van der Waals surface area contributed by atoms with Crippen molar-refractivity contribution in [3.8, 4) is 0 Å². The summed E-state index contributed by atoms with van der Waals surface area (Å²) in [5, 5.41) is 0.918. The molecule has 0 bridgehead atoms. The third-order valence-electron chi connectivity index (χ3n) is 1.82. The van der Waals surface area contributed by atoms with Crippen LogP contribution in [0.1, 0.15) is 46.5 Å². The van der Waals surface area contributed by atoms with E-state index in [1.54, 1.807) is 0 Å². The highest BCUT2D eigenvalue weighted by Crippen LogP contribution is 2.21. The average Bonchev–Trinajstić information content (AvgIpc) is 2.14. The minimum absolute atomic E-state index is 0.918. The minimum Gasteiger partial charge on any atom is -0.161 e. The fourth-order valence-electron chi connectivity index (χ4n) is 1.18. The Labute approximate surface area is 92.6 Å². The van der Waals surface area contributed by atoms with Gasteiger partial charge in [0.15, 0.2) is 0 Å². The Hall–Kier alpha value is 0.700. The Balaban J connectivity index is 3.41. The fraction of sp³-hybridized carbons (Fsp3) is 1.00. The molecule has 0 spiro atoms. The summed E-state index contributed by atoms with van der Waals surface area (Å²) in [6, 6.07) is 0. The third-order valence-corrected chi connectivity index (χ3v) is 4.88. The van der Waals surface area contributed by atoms with E-state index in [9.17, 15) is 0 Å². The van der Waals surface area contributed by atoms with E-state index in [4.69, 9.17) is 0 Å². The Kier molecular flexibility index (Phi) is 11.4. The molecular weight excluding hydrogens is 196 g/mol. The van der Waals surface area contributed by atoms with Gasteiger partial charge in [-0.2, -0.15) is 23.5 Å². The Morgan fingerprint density at radius 3 is 2.15 bits per heavy atom. The SMILES string of the molecule is CCCSCC(CCC)SCCC. The van der Waals surface area contributed by atoms with Gasteiger partial charge >= 0.3 is 0 Å². The molecule has 0 aliphatic rings. The van der Waals surface area contributed by atoms with Crippen LogP contribution in [0, 0.1) is 0 Å². The first kappa shape index (κ1) is 13.7. The van der Waals surface area contributed by atoms with Crippen LogP contribution in [0.4, 0.5) is 0 Å². The summed E-state index contributed by atoms with van der Waals surface area (Å²) in [7, 11) is 0. The van der Waals surface area contributed by atoms with Crippen molar-refractivity contribution >= 4 is 23.5 Å². The zero-order valence-electron chi connectivity index (χ0n) is 9.34. The van der Waals surface area contributed by atoms with Crippen molar-refractivity contribution in [3.05, 3.63) is 0 Å². The van der Waals surface area contributed by atoms with E-state index in [-0.39, 0.29) is 0 Å². The fourth-order valence-corrected chi connectivity index (χ4v) is 3.71. The van der Waals surface area contributed by atoms with Gasteiger partial charge in [-0.15, -0.1) is 0 Å². The van der Waals surface area contributed by atoms with Gasteiger partial charge in [-0.1, -0.05) is 27.2 Å². The molecule has 0 fully saturated rings. The first-order valence-electron chi connectivity index (χ1n) is 5.54. The normalized spacial score (nSPS) is 13.2. The van der Waals surface area contributed by atoms with Gasteiger partial charge in [0.2, 0.25) is 0 Å². The van der Waals surface area contributed by atoms with E-state index in [1.165, 1.54) is 42.9 Å². The molecule has 0 rings (SSSR count). The van der Waals surface area contributed by atoms with E-state index in [0.717, 1.165) is 5.25 Å². The number of hydrogen-bond donors (Lipinski definition) is 0. The van der Waals surface area contributed by atoms with Gasteiger partial charge < -0.3 is 0 Å². The van der Waals surface area contributed by atoms with E-state index < -0.39 is 0 Å². The monoisotopic (exact) mass is 220 g/mol.